The van der Waals surface area contributed by atoms with Gasteiger partial charge in [-0.1, -0.05) is 6.07 Å². The lowest BCUT2D eigenvalue weighted by Gasteiger charge is -2.37. The minimum Gasteiger partial charge on any atom is -0.306 e. The third-order valence-electron chi connectivity index (χ3n) is 4.05. The molecule has 0 unspecified atom stereocenters. The van der Waals surface area contributed by atoms with Crippen molar-refractivity contribution in [1.82, 2.24) is 9.88 Å². The van der Waals surface area contributed by atoms with Crippen LogP contribution >= 0.6 is 0 Å². The molecule has 2 aliphatic rings. The fraction of sp³-hybridized carbons (Fsp3) is 0.583. The molecule has 0 aromatic carbocycles. The molecule has 0 bridgehead atoms. The number of hydrogen-bond donors (Lipinski definition) is 0. The van der Waals surface area contributed by atoms with E-state index in [1.807, 2.05) is 12.1 Å². The van der Waals surface area contributed by atoms with Gasteiger partial charge >= 0.3 is 0 Å². The Bertz CT molecular complexity index is 545. The second-order valence-electron chi connectivity index (χ2n) is 5.20. The van der Waals surface area contributed by atoms with Crippen LogP contribution in [0.3, 0.4) is 0 Å². The molecule has 2 aliphatic heterocycles. The van der Waals surface area contributed by atoms with Crippen LogP contribution in [0.2, 0.25) is 0 Å². The van der Waals surface area contributed by atoms with E-state index in [1.165, 1.54) is 0 Å². The molecule has 0 radical (unpaired) electrons. The highest BCUT2D eigenvalue weighted by atomic mass is 32.2. The molecule has 3 rings (SSSR count). The van der Waals surface area contributed by atoms with E-state index in [-0.39, 0.29) is 11.2 Å². The standard InChI is InChI=1S/C12H16N2O2S/c1-14-7-4-12(5-8-14)9-17(15,16)11-10(12)3-2-6-13-11/h2-3,6H,4-5,7-9H2,1H3. The smallest absolute Gasteiger partial charge is 0.196 e. The zero-order valence-electron chi connectivity index (χ0n) is 9.89. The molecule has 0 aliphatic carbocycles. The molecule has 17 heavy (non-hydrogen) atoms. The molecule has 4 nitrogen and oxygen atoms in total. The number of likely N-dealkylation sites (tertiary alicyclic amines) is 1. The van der Waals surface area contributed by atoms with Crippen molar-refractivity contribution in [3.63, 3.8) is 0 Å². The normalized spacial score (nSPS) is 25.9. The highest BCUT2D eigenvalue weighted by molar-refractivity contribution is 7.91. The van der Waals surface area contributed by atoms with Crippen molar-refractivity contribution in [2.75, 3.05) is 25.9 Å². The van der Waals surface area contributed by atoms with E-state index in [0.29, 0.717) is 5.03 Å². The fourth-order valence-electron chi connectivity index (χ4n) is 3.01. The van der Waals surface area contributed by atoms with Gasteiger partial charge in [0.2, 0.25) is 0 Å². The molecular formula is C12H16N2O2S. The van der Waals surface area contributed by atoms with Gasteiger partial charge in [-0.2, -0.15) is 0 Å². The summed E-state index contributed by atoms with van der Waals surface area (Å²) in [5.41, 5.74) is 0.780. The summed E-state index contributed by atoms with van der Waals surface area (Å²) < 4.78 is 24.3. The van der Waals surface area contributed by atoms with E-state index < -0.39 is 9.84 Å². The van der Waals surface area contributed by atoms with Gasteiger partial charge in [-0.15, -0.1) is 0 Å². The first-order chi connectivity index (χ1) is 8.04. The van der Waals surface area contributed by atoms with Crippen LogP contribution in [0.25, 0.3) is 0 Å². The van der Waals surface area contributed by atoms with Gasteiger partial charge in [0.05, 0.1) is 5.75 Å². The van der Waals surface area contributed by atoms with Gasteiger partial charge in [0.15, 0.2) is 14.9 Å². The number of fused-ring (bicyclic) bond motifs is 2. The van der Waals surface area contributed by atoms with Crippen molar-refractivity contribution in [3.8, 4) is 0 Å². The Labute approximate surface area is 102 Å². The zero-order chi connectivity index (χ0) is 12.1. The van der Waals surface area contributed by atoms with Crippen LogP contribution in [0.5, 0.6) is 0 Å². The Morgan fingerprint density at radius 1 is 1.35 bits per heavy atom. The van der Waals surface area contributed by atoms with Crippen molar-refractivity contribution in [2.24, 2.45) is 0 Å². The molecule has 3 heterocycles. The Kier molecular flexibility index (Phi) is 2.32. The molecule has 0 amide bonds. The molecule has 5 heteroatoms. The van der Waals surface area contributed by atoms with Crippen LogP contribution in [-0.4, -0.2) is 44.2 Å². The molecule has 0 saturated carbocycles. The Hall–Kier alpha value is -0.940. The molecule has 92 valence electrons. The average Bonchev–Trinajstić information content (AvgIpc) is 2.53. The van der Waals surface area contributed by atoms with E-state index in [9.17, 15) is 8.42 Å². The third kappa shape index (κ3) is 1.60. The summed E-state index contributed by atoms with van der Waals surface area (Å²) in [5, 5.41) is 0.324. The second kappa shape index (κ2) is 3.53. The van der Waals surface area contributed by atoms with E-state index in [4.69, 9.17) is 0 Å². The maximum absolute atomic E-state index is 12.1. The van der Waals surface area contributed by atoms with Crippen molar-refractivity contribution >= 4 is 9.84 Å². The minimum atomic E-state index is -3.16. The lowest BCUT2D eigenvalue weighted by molar-refractivity contribution is 0.202. The SMILES string of the molecule is CN1CCC2(CC1)CS(=O)(=O)c1ncccc12. The van der Waals surface area contributed by atoms with Crippen LogP contribution in [0.1, 0.15) is 18.4 Å². The van der Waals surface area contributed by atoms with Crippen LogP contribution < -0.4 is 0 Å². The first-order valence-corrected chi connectivity index (χ1v) is 7.56. The predicted octanol–water partition coefficient (Wildman–Crippen LogP) is 0.832. The lowest BCUT2D eigenvalue weighted by atomic mass is 9.75. The number of hydrogen-bond acceptors (Lipinski definition) is 4. The first kappa shape index (κ1) is 11.2. The van der Waals surface area contributed by atoms with Gasteiger partial charge in [-0.05, 0) is 44.6 Å². The quantitative estimate of drug-likeness (QED) is 0.686. The van der Waals surface area contributed by atoms with Gasteiger partial charge in [0.1, 0.15) is 0 Å². The summed E-state index contributed by atoms with van der Waals surface area (Å²) in [6.07, 6.45) is 3.41. The fourth-order valence-corrected chi connectivity index (χ4v) is 5.16. The van der Waals surface area contributed by atoms with E-state index in [2.05, 4.69) is 16.9 Å². The maximum Gasteiger partial charge on any atom is 0.196 e. The van der Waals surface area contributed by atoms with Crippen LogP contribution in [-0.2, 0) is 15.3 Å². The monoisotopic (exact) mass is 252 g/mol. The second-order valence-corrected chi connectivity index (χ2v) is 7.10. The maximum atomic E-state index is 12.1. The summed E-state index contributed by atoms with van der Waals surface area (Å²) >= 11 is 0. The Morgan fingerprint density at radius 2 is 2.06 bits per heavy atom. The van der Waals surface area contributed by atoms with Gasteiger partial charge in [-0.25, -0.2) is 13.4 Å². The summed E-state index contributed by atoms with van der Waals surface area (Å²) in [6, 6.07) is 3.79. The largest absolute Gasteiger partial charge is 0.306 e. The van der Waals surface area contributed by atoms with Gasteiger partial charge < -0.3 is 4.90 Å². The van der Waals surface area contributed by atoms with Crippen LogP contribution in [0.4, 0.5) is 0 Å². The molecule has 1 spiro atoms. The Balaban J connectivity index is 2.11. The van der Waals surface area contributed by atoms with E-state index >= 15 is 0 Å². The highest BCUT2D eigenvalue weighted by Crippen LogP contribution is 2.45. The summed E-state index contributed by atoms with van der Waals surface area (Å²) in [7, 11) is -1.08. The van der Waals surface area contributed by atoms with Crippen molar-refractivity contribution in [3.05, 3.63) is 23.9 Å². The first-order valence-electron chi connectivity index (χ1n) is 5.90. The third-order valence-corrected chi connectivity index (χ3v) is 5.89. The molecule has 0 N–H and O–H groups in total. The van der Waals surface area contributed by atoms with Crippen molar-refractivity contribution < 1.29 is 8.42 Å². The number of nitrogens with zero attached hydrogens (tertiary/aromatic N) is 2. The summed E-state index contributed by atoms with van der Waals surface area (Å²) in [6.45, 7) is 1.92. The number of aromatic nitrogens is 1. The molecule has 1 saturated heterocycles. The number of pyridine rings is 1. The Morgan fingerprint density at radius 3 is 2.76 bits per heavy atom. The number of rotatable bonds is 0. The number of sulfone groups is 1. The topological polar surface area (TPSA) is 50.3 Å². The summed E-state index contributed by atoms with van der Waals surface area (Å²) in [5.74, 6) is 0.250. The van der Waals surface area contributed by atoms with Crippen LogP contribution in [0, 0.1) is 0 Å². The van der Waals surface area contributed by atoms with Crippen molar-refractivity contribution in [1.29, 1.82) is 0 Å². The predicted molar refractivity (Wildman–Crippen MR) is 64.7 cm³/mol. The van der Waals surface area contributed by atoms with E-state index in [1.54, 1.807) is 6.20 Å². The lowest BCUT2D eigenvalue weighted by Crippen LogP contribution is -2.41. The average molecular weight is 252 g/mol. The van der Waals surface area contributed by atoms with Gasteiger partial charge in [0, 0.05) is 11.6 Å². The highest BCUT2D eigenvalue weighted by Gasteiger charge is 2.48. The molecule has 1 aromatic heterocycles. The van der Waals surface area contributed by atoms with Crippen LogP contribution in [0.15, 0.2) is 23.4 Å². The van der Waals surface area contributed by atoms with E-state index in [0.717, 1.165) is 31.5 Å². The molecule has 1 aromatic rings. The minimum absolute atomic E-state index is 0.172. The molecular weight excluding hydrogens is 236 g/mol. The summed E-state index contributed by atoms with van der Waals surface area (Å²) in [4.78, 5) is 6.34. The van der Waals surface area contributed by atoms with Crippen molar-refractivity contribution in [2.45, 2.75) is 23.3 Å². The zero-order valence-corrected chi connectivity index (χ0v) is 10.7. The molecule has 1 fully saturated rings. The number of piperidine rings is 1. The van der Waals surface area contributed by atoms with Gasteiger partial charge in [0.25, 0.3) is 0 Å². The molecule has 0 atom stereocenters. The van der Waals surface area contributed by atoms with Gasteiger partial charge in [-0.3, -0.25) is 0 Å².